The molecule has 2 aromatic rings. The van der Waals surface area contributed by atoms with Crippen molar-refractivity contribution in [3.63, 3.8) is 0 Å². The molecule has 140 valence electrons. The summed E-state index contributed by atoms with van der Waals surface area (Å²) in [5.74, 6) is 0.182. The molecule has 0 atom stereocenters. The number of halogens is 1. The minimum absolute atomic E-state index is 0.0320. The van der Waals surface area contributed by atoms with Crippen LogP contribution in [0.25, 0.3) is 0 Å². The predicted molar refractivity (Wildman–Crippen MR) is 102 cm³/mol. The van der Waals surface area contributed by atoms with E-state index in [4.69, 9.17) is 16.3 Å². The van der Waals surface area contributed by atoms with Crippen molar-refractivity contribution in [1.82, 2.24) is 5.32 Å². The normalized spacial score (nSPS) is 11.8. The van der Waals surface area contributed by atoms with E-state index >= 15 is 0 Å². The highest BCUT2D eigenvalue weighted by Gasteiger charge is 2.29. The van der Waals surface area contributed by atoms with Gasteiger partial charge in [-0.15, -0.1) is 0 Å². The van der Waals surface area contributed by atoms with Gasteiger partial charge in [0.1, 0.15) is 5.75 Å². The highest BCUT2D eigenvalue weighted by Crippen LogP contribution is 2.21. The fourth-order valence-corrected chi connectivity index (χ4v) is 3.72. The van der Waals surface area contributed by atoms with Gasteiger partial charge in [-0.25, -0.2) is 8.42 Å². The summed E-state index contributed by atoms with van der Waals surface area (Å²) in [4.78, 5) is 12.6. The number of hydrogen-bond donors (Lipinski definition) is 1. The lowest BCUT2D eigenvalue weighted by molar-refractivity contribution is -0.134. The predicted octanol–water partition coefficient (Wildman–Crippen LogP) is 3.48. The van der Waals surface area contributed by atoms with Crippen molar-refractivity contribution in [3.05, 3.63) is 59.6 Å². The molecule has 1 N–H and O–H groups in total. The van der Waals surface area contributed by atoms with Crippen LogP contribution in [0.5, 0.6) is 5.75 Å². The second-order valence-electron chi connectivity index (χ2n) is 6.31. The van der Waals surface area contributed by atoms with Gasteiger partial charge in [-0.05, 0) is 56.7 Å². The van der Waals surface area contributed by atoms with Gasteiger partial charge in [0.2, 0.25) is 0 Å². The summed E-state index contributed by atoms with van der Waals surface area (Å²) >= 11 is 5.83. The zero-order valence-electron chi connectivity index (χ0n) is 14.7. The number of sulfone groups is 1. The van der Waals surface area contributed by atoms with Crippen LogP contribution in [0.2, 0.25) is 5.02 Å². The Balaban J connectivity index is 1.83. The lowest BCUT2D eigenvalue weighted by Gasteiger charge is -2.25. The summed E-state index contributed by atoms with van der Waals surface area (Å²) in [6.07, 6.45) is 0.319. The van der Waals surface area contributed by atoms with Gasteiger partial charge in [-0.2, -0.15) is 0 Å². The number of carbonyl (C=O) groups excluding carboxylic acids is 1. The van der Waals surface area contributed by atoms with E-state index in [1.54, 1.807) is 68.4 Å². The van der Waals surface area contributed by atoms with E-state index in [-0.39, 0.29) is 23.1 Å². The molecular weight excluding hydrogens is 374 g/mol. The summed E-state index contributed by atoms with van der Waals surface area (Å²) in [7, 11) is -3.34. The van der Waals surface area contributed by atoms with Crippen LogP contribution in [-0.2, 0) is 14.6 Å². The second-order valence-corrected chi connectivity index (χ2v) is 8.85. The fourth-order valence-electron chi connectivity index (χ4n) is 2.27. The minimum atomic E-state index is -3.34. The van der Waals surface area contributed by atoms with Crippen LogP contribution in [0.1, 0.15) is 20.3 Å². The molecule has 0 aliphatic rings. The zero-order valence-corrected chi connectivity index (χ0v) is 16.3. The highest BCUT2D eigenvalue weighted by molar-refractivity contribution is 7.91. The molecule has 0 radical (unpaired) electrons. The van der Waals surface area contributed by atoms with E-state index in [9.17, 15) is 13.2 Å². The SMILES string of the molecule is CC(C)(Oc1ccc(Cl)cc1)C(=O)NCCCS(=O)(=O)c1ccccc1. The Morgan fingerprint density at radius 3 is 2.31 bits per heavy atom. The summed E-state index contributed by atoms with van der Waals surface area (Å²) in [6, 6.07) is 15.0. The third-order valence-corrected chi connectivity index (χ3v) is 5.78. The third kappa shape index (κ3) is 5.75. The lowest BCUT2D eigenvalue weighted by Crippen LogP contribution is -2.47. The number of rotatable bonds is 8. The Hall–Kier alpha value is -2.05. The maximum absolute atomic E-state index is 12.3. The monoisotopic (exact) mass is 395 g/mol. The molecule has 0 aliphatic heterocycles. The molecule has 26 heavy (non-hydrogen) atoms. The first-order valence-electron chi connectivity index (χ1n) is 8.21. The Kier molecular flexibility index (Phi) is 6.67. The quantitative estimate of drug-likeness (QED) is 0.694. The van der Waals surface area contributed by atoms with E-state index in [1.165, 1.54) is 0 Å². The Morgan fingerprint density at radius 2 is 1.69 bits per heavy atom. The van der Waals surface area contributed by atoms with Crippen molar-refractivity contribution in [2.45, 2.75) is 30.8 Å². The molecule has 0 heterocycles. The van der Waals surface area contributed by atoms with Crippen LogP contribution >= 0.6 is 11.6 Å². The molecule has 0 unspecified atom stereocenters. The first-order chi connectivity index (χ1) is 12.2. The maximum Gasteiger partial charge on any atom is 0.263 e. The lowest BCUT2D eigenvalue weighted by atomic mass is 10.1. The molecule has 0 fully saturated rings. The molecule has 7 heteroatoms. The molecule has 1 amide bonds. The molecule has 0 spiro atoms. The van der Waals surface area contributed by atoms with Crippen LogP contribution in [-0.4, -0.2) is 32.2 Å². The highest BCUT2D eigenvalue weighted by atomic mass is 35.5. The Morgan fingerprint density at radius 1 is 1.08 bits per heavy atom. The van der Waals surface area contributed by atoms with Crippen LogP contribution in [0, 0.1) is 0 Å². The number of hydrogen-bond acceptors (Lipinski definition) is 4. The number of benzene rings is 2. The van der Waals surface area contributed by atoms with Gasteiger partial charge in [0.15, 0.2) is 15.4 Å². The van der Waals surface area contributed by atoms with E-state index in [1.807, 2.05) is 0 Å². The zero-order chi connectivity index (χ0) is 19.2. The van der Waals surface area contributed by atoms with Crippen LogP contribution < -0.4 is 10.1 Å². The number of carbonyl (C=O) groups is 1. The molecule has 0 aromatic heterocycles. The van der Waals surface area contributed by atoms with Gasteiger partial charge in [0, 0.05) is 11.6 Å². The first kappa shape index (κ1) is 20.3. The van der Waals surface area contributed by atoms with Crippen molar-refractivity contribution in [1.29, 1.82) is 0 Å². The van der Waals surface area contributed by atoms with Crippen LogP contribution in [0.15, 0.2) is 59.5 Å². The minimum Gasteiger partial charge on any atom is -0.478 e. The molecule has 2 aromatic carbocycles. The summed E-state index contributed by atoms with van der Waals surface area (Å²) in [5, 5.41) is 3.31. The van der Waals surface area contributed by atoms with Crippen molar-refractivity contribution in [2.24, 2.45) is 0 Å². The first-order valence-corrected chi connectivity index (χ1v) is 10.2. The third-order valence-electron chi connectivity index (χ3n) is 3.71. The average molecular weight is 396 g/mol. The van der Waals surface area contributed by atoms with Crippen molar-refractivity contribution in [3.8, 4) is 5.75 Å². The molecular formula is C19H22ClNO4S. The average Bonchev–Trinajstić information content (AvgIpc) is 2.61. The van der Waals surface area contributed by atoms with Crippen molar-refractivity contribution >= 4 is 27.3 Å². The smallest absolute Gasteiger partial charge is 0.263 e. The molecule has 5 nitrogen and oxygen atoms in total. The second kappa shape index (κ2) is 8.56. The number of nitrogens with one attached hydrogen (secondary N) is 1. The number of ether oxygens (including phenoxy) is 1. The van der Waals surface area contributed by atoms with Gasteiger partial charge in [0.25, 0.3) is 5.91 Å². The number of amides is 1. The Bertz CT molecular complexity index is 834. The molecule has 0 aliphatic carbocycles. The van der Waals surface area contributed by atoms with E-state index in [0.717, 1.165) is 0 Å². The van der Waals surface area contributed by atoms with Crippen molar-refractivity contribution < 1.29 is 17.9 Å². The maximum atomic E-state index is 12.3. The fraction of sp³-hybridized carbons (Fsp3) is 0.316. The van der Waals surface area contributed by atoms with E-state index in [0.29, 0.717) is 17.2 Å². The largest absolute Gasteiger partial charge is 0.478 e. The summed E-state index contributed by atoms with van der Waals surface area (Å²) in [6.45, 7) is 3.55. The van der Waals surface area contributed by atoms with Crippen LogP contribution in [0.4, 0.5) is 0 Å². The molecule has 0 saturated heterocycles. The van der Waals surface area contributed by atoms with Gasteiger partial charge < -0.3 is 10.1 Å². The Labute approximate surface area is 159 Å². The van der Waals surface area contributed by atoms with Gasteiger partial charge in [-0.1, -0.05) is 29.8 Å². The van der Waals surface area contributed by atoms with Gasteiger partial charge in [0.05, 0.1) is 10.6 Å². The van der Waals surface area contributed by atoms with Crippen molar-refractivity contribution in [2.75, 3.05) is 12.3 Å². The van der Waals surface area contributed by atoms with Crippen LogP contribution in [0.3, 0.4) is 0 Å². The summed E-state index contributed by atoms with van der Waals surface area (Å²) < 4.78 is 30.1. The van der Waals surface area contributed by atoms with E-state index < -0.39 is 15.4 Å². The van der Waals surface area contributed by atoms with E-state index in [2.05, 4.69) is 5.32 Å². The topological polar surface area (TPSA) is 72.5 Å². The molecule has 0 bridgehead atoms. The molecule has 2 rings (SSSR count). The molecule has 0 saturated carbocycles. The van der Waals surface area contributed by atoms with Gasteiger partial charge in [-0.3, -0.25) is 4.79 Å². The van der Waals surface area contributed by atoms with Gasteiger partial charge >= 0.3 is 0 Å². The standard InChI is InChI=1S/C19H22ClNO4S/c1-19(2,25-16-11-9-15(20)10-12-16)18(22)21-13-6-14-26(23,24)17-7-4-3-5-8-17/h3-5,7-12H,6,13-14H2,1-2H3,(H,21,22). The summed E-state index contributed by atoms with van der Waals surface area (Å²) in [5.41, 5.74) is -1.09.